The molecule has 0 spiro atoms. The lowest BCUT2D eigenvalue weighted by atomic mass is 10.2. The maximum Gasteiger partial charge on any atom is 0.320 e. The predicted molar refractivity (Wildman–Crippen MR) is 68.8 cm³/mol. The zero-order valence-corrected chi connectivity index (χ0v) is 11.3. The Labute approximate surface area is 108 Å². The zero-order chi connectivity index (χ0) is 11.8. The lowest BCUT2D eigenvalue weighted by Gasteiger charge is -2.11. The second kappa shape index (κ2) is 4.41. The van der Waals surface area contributed by atoms with E-state index >= 15 is 0 Å². The van der Waals surface area contributed by atoms with Gasteiger partial charge in [-0.2, -0.15) is 0 Å². The normalized spacial score (nSPS) is 27.8. The molecule has 0 amide bonds. The van der Waals surface area contributed by atoms with Crippen molar-refractivity contribution in [2.24, 2.45) is 5.92 Å². The molecule has 0 saturated heterocycles. The van der Waals surface area contributed by atoms with Gasteiger partial charge in [-0.3, -0.25) is 4.79 Å². The van der Waals surface area contributed by atoms with Crippen LogP contribution in [0.2, 0.25) is 0 Å². The monoisotopic (exact) mass is 300 g/mol. The van der Waals surface area contributed by atoms with E-state index in [-0.39, 0.29) is 0 Å². The third-order valence-corrected chi connectivity index (χ3v) is 5.09. The van der Waals surface area contributed by atoms with Crippen LogP contribution in [0, 0.1) is 5.92 Å². The molecule has 2 rings (SSSR count). The average molecular weight is 301 g/mol. The van der Waals surface area contributed by atoms with Crippen molar-refractivity contribution in [2.45, 2.75) is 29.4 Å². The molecule has 4 heteroatoms. The van der Waals surface area contributed by atoms with Crippen molar-refractivity contribution in [2.75, 3.05) is 0 Å². The third kappa shape index (κ3) is 2.13. The van der Waals surface area contributed by atoms with Gasteiger partial charge in [0.1, 0.15) is 4.75 Å². The fraction of sp³-hybridized carbons (Fsp3) is 0.417. The number of carbonyl (C=O) groups is 1. The van der Waals surface area contributed by atoms with Crippen molar-refractivity contribution in [1.82, 2.24) is 0 Å². The summed E-state index contributed by atoms with van der Waals surface area (Å²) in [6.07, 6.45) is 1.73. The molecule has 2 nitrogen and oxygen atoms in total. The summed E-state index contributed by atoms with van der Waals surface area (Å²) >= 11 is 4.86. The Morgan fingerprint density at radius 1 is 1.56 bits per heavy atom. The summed E-state index contributed by atoms with van der Waals surface area (Å²) in [5.74, 6) is -0.356. The van der Waals surface area contributed by atoms with Crippen molar-refractivity contribution in [3.63, 3.8) is 0 Å². The fourth-order valence-corrected chi connectivity index (χ4v) is 3.59. The molecule has 0 bridgehead atoms. The minimum atomic E-state index is -0.674. The minimum Gasteiger partial charge on any atom is -0.480 e. The van der Waals surface area contributed by atoms with Crippen LogP contribution in [-0.4, -0.2) is 15.8 Å². The lowest BCUT2D eigenvalue weighted by Crippen LogP contribution is -2.20. The van der Waals surface area contributed by atoms with Crippen LogP contribution in [0.5, 0.6) is 0 Å². The van der Waals surface area contributed by atoms with Gasteiger partial charge in [0, 0.05) is 9.37 Å². The number of carboxylic acid groups (broad SMARTS) is 1. The molecule has 2 atom stereocenters. The number of aliphatic carboxylic acids is 1. The van der Waals surface area contributed by atoms with E-state index in [2.05, 4.69) is 22.9 Å². The second-order valence-corrected chi connectivity index (χ2v) is 6.38. The number of hydrogen-bond donors (Lipinski definition) is 1. The van der Waals surface area contributed by atoms with E-state index in [9.17, 15) is 9.90 Å². The number of halogens is 1. The summed E-state index contributed by atoms with van der Waals surface area (Å²) in [6, 6.07) is 7.82. The molecule has 0 heterocycles. The second-order valence-electron chi connectivity index (χ2n) is 4.06. The Morgan fingerprint density at radius 3 is 2.62 bits per heavy atom. The molecule has 0 aliphatic heterocycles. The van der Waals surface area contributed by atoms with Crippen molar-refractivity contribution in [3.05, 3.63) is 28.7 Å². The van der Waals surface area contributed by atoms with Crippen LogP contribution in [0.25, 0.3) is 0 Å². The van der Waals surface area contributed by atoms with Gasteiger partial charge in [0.2, 0.25) is 0 Å². The Kier molecular flexibility index (Phi) is 3.31. The van der Waals surface area contributed by atoms with Crippen LogP contribution in [0.15, 0.2) is 33.6 Å². The lowest BCUT2D eigenvalue weighted by molar-refractivity contribution is -0.137. The summed E-state index contributed by atoms with van der Waals surface area (Å²) in [7, 11) is 0. The molecule has 86 valence electrons. The fourth-order valence-electron chi connectivity index (χ4n) is 1.92. The average Bonchev–Trinajstić information content (AvgIpc) is 2.97. The molecule has 0 radical (unpaired) electrons. The first kappa shape index (κ1) is 12.0. The Hall–Kier alpha value is -0.480. The van der Waals surface area contributed by atoms with Crippen LogP contribution in [-0.2, 0) is 4.79 Å². The van der Waals surface area contributed by atoms with Crippen LogP contribution in [0.3, 0.4) is 0 Å². The molecular weight excluding hydrogens is 288 g/mol. The largest absolute Gasteiger partial charge is 0.480 e. The van der Waals surface area contributed by atoms with Gasteiger partial charge >= 0.3 is 5.97 Å². The first-order chi connectivity index (χ1) is 7.58. The number of rotatable bonds is 4. The maximum atomic E-state index is 11.3. The third-order valence-electron chi connectivity index (χ3n) is 3.02. The first-order valence-electron chi connectivity index (χ1n) is 5.26. The van der Waals surface area contributed by atoms with Gasteiger partial charge < -0.3 is 5.11 Å². The summed E-state index contributed by atoms with van der Waals surface area (Å²) in [5, 5.41) is 9.29. The van der Waals surface area contributed by atoms with Crippen LogP contribution >= 0.6 is 27.7 Å². The number of benzene rings is 1. The molecule has 1 saturated carbocycles. The minimum absolute atomic E-state index is 0.318. The van der Waals surface area contributed by atoms with E-state index in [0.717, 1.165) is 22.2 Å². The SMILES string of the molecule is CCC1CC1(Sc1ccc(Br)cc1)C(=O)O. The molecule has 1 N–H and O–H groups in total. The van der Waals surface area contributed by atoms with Gasteiger partial charge in [0.15, 0.2) is 0 Å². The van der Waals surface area contributed by atoms with E-state index in [0.29, 0.717) is 5.92 Å². The quantitative estimate of drug-likeness (QED) is 0.919. The molecule has 0 aromatic heterocycles. The van der Waals surface area contributed by atoms with Crippen molar-refractivity contribution >= 4 is 33.7 Å². The van der Waals surface area contributed by atoms with E-state index in [1.807, 2.05) is 24.3 Å². The van der Waals surface area contributed by atoms with Gasteiger partial charge in [0.05, 0.1) is 0 Å². The summed E-state index contributed by atoms with van der Waals surface area (Å²) in [6.45, 7) is 2.05. The molecule has 1 aromatic carbocycles. The highest BCUT2D eigenvalue weighted by molar-refractivity contribution is 9.10. The highest BCUT2D eigenvalue weighted by Gasteiger charge is 2.60. The Bertz CT molecular complexity index is 404. The van der Waals surface area contributed by atoms with Crippen LogP contribution in [0.1, 0.15) is 19.8 Å². The van der Waals surface area contributed by atoms with Gasteiger partial charge in [0.25, 0.3) is 0 Å². The first-order valence-corrected chi connectivity index (χ1v) is 6.87. The number of thioether (sulfide) groups is 1. The Morgan fingerprint density at radius 2 is 2.19 bits per heavy atom. The predicted octanol–water partition coefficient (Wildman–Crippen LogP) is 3.79. The topological polar surface area (TPSA) is 37.3 Å². The molecule has 1 aliphatic carbocycles. The van der Waals surface area contributed by atoms with Crippen molar-refractivity contribution in [1.29, 1.82) is 0 Å². The van der Waals surface area contributed by atoms with E-state index in [1.165, 1.54) is 11.8 Å². The molecule has 16 heavy (non-hydrogen) atoms. The highest BCUT2D eigenvalue weighted by atomic mass is 79.9. The molecule has 2 unspecified atom stereocenters. The standard InChI is InChI=1S/C12H13BrO2S/c1-2-8-7-12(8,11(14)15)16-10-5-3-9(13)4-6-10/h3-6,8H,2,7H2,1H3,(H,14,15). The van der Waals surface area contributed by atoms with Crippen molar-refractivity contribution < 1.29 is 9.90 Å². The number of carboxylic acids is 1. The zero-order valence-electron chi connectivity index (χ0n) is 8.94. The summed E-state index contributed by atoms with van der Waals surface area (Å²) < 4.78 is 0.451. The van der Waals surface area contributed by atoms with E-state index < -0.39 is 10.7 Å². The molecule has 1 fully saturated rings. The van der Waals surface area contributed by atoms with E-state index in [4.69, 9.17) is 0 Å². The van der Waals surface area contributed by atoms with Gasteiger partial charge in [-0.05, 0) is 36.6 Å². The number of hydrogen-bond acceptors (Lipinski definition) is 2. The van der Waals surface area contributed by atoms with Gasteiger partial charge in [-0.15, -0.1) is 11.8 Å². The highest BCUT2D eigenvalue weighted by Crippen LogP contribution is 2.58. The van der Waals surface area contributed by atoms with E-state index in [1.54, 1.807) is 0 Å². The molecular formula is C12H13BrO2S. The summed E-state index contributed by atoms with van der Waals surface area (Å²) in [4.78, 5) is 12.3. The van der Waals surface area contributed by atoms with Crippen molar-refractivity contribution in [3.8, 4) is 0 Å². The van der Waals surface area contributed by atoms with Crippen LogP contribution in [0.4, 0.5) is 0 Å². The maximum absolute atomic E-state index is 11.3. The molecule has 1 aromatic rings. The molecule has 1 aliphatic rings. The van der Waals surface area contributed by atoms with Gasteiger partial charge in [-0.25, -0.2) is 0 Å². The van der Waals surface area contributed by atoms with Gasteiger partial charge in [-0.1, -0.05) is 29.3 Å². The smallest absolute Gasteiger partial charge is 0.320 e. The Balaban J connectivity index is 2.14. The van der Waals surface area contributed by atoms with Crippen LogP contribution < -0.4 is 0 Å². The summed E-state index contributed by atoms with van der Waals surface area (Å²) in [5.41, 5.74) is 0.